The lowest BCUT2D eigenvalue weighted by Crippen LogP contribution is -2.45. The van der Waals surface area contributed by atoms with E-state index in [1.165, 1.54) is 0 Å². The van der Waals surface area contributed by atoms with Crippen molar-refractivity contribution in [3.05, 3.63) is 39.3 Å². The quantitative estimate of drug-likeness (QED) is 0.267. The highest BCUT2D eigenvalue weighted by molar-refractivity contribution is 8.05. The van der Waals surface area contributed by atoms with Crippen molar-refractivity contribution in [3.63, 3.8) is 0 Å². The van der Waals surface area contributed by atoms with Gasteiger partial charge in [-0.2, -0.15) is 0 Å². The first kappa shape index (κ1) is 13.2. The average molecular weight is 283 g/mol. The molecule has 19 heavy (non-hydrogen) atoms. The molecular weight excluding hydrogens is 274 g/mol. The van der Waals surface area contributed by atoms with Gasteiger partial charge in [0.05, 0.1) is 9.83 Å². The number of phenolic OH excluding ortho intramolecular Hbond substituents is 2. The van der Waals surface area contributed by atoms with E-state index in [0.717, 1.165) is 23.9 Å². The predicted octanol–water partition coefficient (Wildman–Crippen LogP) is 0.452. The summed E-state index contributed by atoms with van der Waals surface area (Å²) in [6.45, 7) is 3.48. The first-order chi connectivity index (χ1) is 8.74. The van der Waals surface area contributed by atoms with Gasteiger partial charge in [0.2, 0.25) is 5.75 Å². The molecule has 1 saturated heterocycles. The summed E-state index contributed by atoms with van der Waals surface area (Å²) in [5.41, 5.74) is 5.28. The predicted molar refractivity (Wildman–Crippen MR) is 67.2 cm³/mol. The van der Waals surface area contributed by atoms with Gasteiger partial charge in [-0.25, -0.2) is 0 Å². The van der Waals surface area contributed by atoms with E-state index in [1.54, 1.807) is 0 Å². The molecule has 0 aliphatic carbocycles. The number of hydrogen-bond acceptors (Lipinski definition) is 7. The van der Waals surface area contributed by atoms with Crippen LogP contribution in [0.25, 0.3) is 0 Å². The maximum absolute atomic E-state index is 11.4. The molecule has 0 saturated carbocycles. The Balaban J connectivity index is 2.55. The van der Waals surface area contributed by atoms with Crippen molar-refractivity contribution < 1.29 is 19.9 Å². The van der Waals surface area contributed by atoms with Crippen molar-refractivity contribution in [2.45, 2.75) is 4.99 Å². The molecule has 1 aliphatic rings. The zero-order chi connectivity index (χ0) is 14.4. The Bertz CT molecular complexity index is 599. The van der Waals surface area contributed by atoms with Gasteiger partial charge in [-0.15, -0.1) is 0 Å². The molecule has 9 heteroatoms. The molecule has 1 aliphatic heterocycles. The van der Waals surface area contributed by atoms with Gasteiger partial charge < -0.3 is 15.5 Å². The molecule has 1 amide bonds. The van der Waals surface area contributed by atoms with Gasteiger partial charge in [0, 0.05) is 11.6 Å². The van der Waals surface area contributed by atoms with E-state index in [0.29, 0.717) is 0 Å². The number of nitrogens with two attached hydrogens (primary N) is 1. The van der Waals surface area contributed by atoms with Crippen molar-refractivity contribution >= 4 is 23.4 Å². The molecule has 1 atom stereocenters. The molecule has 5 N–H and O–H groups in total. The summed E-state index contributed by atoms with van der Waals surface area (Å²) in [6.07, 6.45) is 0. The summed E-state index contributed by atoms with van der Waals surface area (Å²) >= 11 is 0.871. The molecular formula is C10H9N3O5S. The number of rotatable bonds is 2. The molecule has 1 aromatic rings. The van der Waals surface area contributed by atoms with Gasteiger partial charge in [-0.05, 0) is 6.07 Å². The number of nitro groups is 1. The second-order valence-electron chi connectivity index (χ2n) is 3.84. The first-order valence-corrected chi connectivity index (χ1v) is 5.76. The summed E-state index contributed by atoms with van der Waals surface area (Å²) in [6, 6.07) is 2.04. The summed E-state index contributed by atoms with van der Waals surface area (Å²) in [4.78, 5) is 20.0. The maximum atomic E-state index is 11.4. The minimum absolute atomic E-state index is 0.0755. The minimum atomic E-state index is -1.47. The Morgan fingerprint density at radius 1 is 1.47 bits per heavy atom. The van der Waals surface area contributed by atoms with Crippen LogP contribution < -0.4 is 11.1 Å². The standard InChI is InChI=1S/C10H9N3O5S/c1-4-9(16)12-10(11,19-4)5-2-6(13(17)18)8(15)7(14)3-5/h2-3,14-15H,1,11H2,(H,12,16). The largest absolute Gasteiger partial charge is 0.504 e. The normalized spacial score (nSPS) is 22.4. The fourth-order valence-electron chi connectivity index (χ4n) is 1.59. The van der Waals surface area contributed by atoms with Crippen LogP contribution in [-0.4, -0.2) is 21.0 Å². The van der Waals surface area contributed by atoms with Crippen LogP contribution in [0.2, 0.25) is 0 Å². The number of aromatic hydroxyl groups is 2. The van der Waals surface area contributed by atoms with Crippen molar-refractivity contribution in [2.75, 3.05) is 0 Å². The van der Waals surface area contributed by atoms with Crippen LogP contribution >= 0.6 is 11.8 Å². The summed E-state index contributed by atoms with van der Waals surface area (Å²) in [5.74, 6) is -2.05. The zero-order valence-electron chi connectivity index (χ0n) is 9.41. The number of phenols is 2. The lowest BCUT2D eigenvalue weighted by Gasteiger charge is -2.22. The first-order valence-electron chi connectivity index (χ1n) is 4.95. The molecule has 0 bridgehead atoms. The van der Waals surface area contributed by atoms with Crippen LogP contribution in [0.3, 0.4) is 0 Å². The summed E-state index contributed by atoms with van der Waals surface area (Å²) in [7, 11) is 0. The molecule has 8 nitrogen and oxygen atoms in total. The van der Waals surface area contributed by atoms with Crippen LogP contribution in [0.15, 0.2) is 23.6 Å². The fraction of sp³-hybridized carbons (Fsp3) is 0.100. The number of amides is 1. The lowest BCUT2D eigenvalue weighted by molar-refractivity contribution is -0.386. The number of nitro benzene ring substituents is 1. The zero-order valence-corrected chi connectivity index (χ0v) is 10.2. The van der Waals surface area contributed by atoms with E-state index in [2.05, 4.69) is 11.9 Å². The SMILES string of the molecule is C=C1SC(N)(c2cc(O)c(O)c([N+](=O)[O-])c2)NC1=O. The van der Waals surface area contributed by atoms with Gasteiger partial charge in [0.1, 0.15) is 0 Å². The van der Waals surface area contributed by atoms with E-state index < -0.39 is 33.0 Å². The number of benzene rings is 1. The molecule has 0 spiro atoms. The van der Waals surface area contributed by atoms with E-state index in [-0.39, 0.29) is 10.5 Å². The van der Waals surface area contributed by atoms with Gasteiger partial charge >= 0.3 is 5.69 Å². The molecule has 2 rings (SSSR count). The third-order valence-electron chi connectivity index (χ3n) is 2.53. The molecule has 1 aromatic carbocycles. The third-order valence-corrected chi connectivity index (χ3v) is 3.62. The summed E-state index contributed by atoms with van der Waals surface area (Å²) < 4.78 is 0. The van der Waals surface area contributed by atoms with Gasteiger partial charge in [0.15, 0.2) is 10.7 Å². The van der Waals surface area contributed by atoms with Crippen molar-refractivity contribution in [1.29, 1.82) is 0 Å². The molecule has 1 heterocycles. The summed E-state index contributed by atoms with van der Waals surface area (Å²) in [5, 5.41) is 32.0. The van der Waals surface area contributed by atoms with E-state index >= 15 is 0 Å². The van der Waals surface area contributed by atoms with Crippen molar-refractivity contribution in [1.82, 2.24) is 5.32 Å². The van der Waals surface area contributed by atoms with Crippen LogP contribution in [0.4, 0.5) is 5.69 Å². The van der Waals surface area contributed by atoms with Crippen molar-refractivity contribution in [3.8, 4) is 11.5 Å². The van der Waals surface area contributed by atoms with Crippen LogP contribution in [0.1, 0.15) is 5.56 Å². The monoisotopic (exact) mass is 283 g/mol. The van der Waals surface area contributed by atoms with Crippen LogP contribution in [0.5, 0.6) is 11.5 Å². The second kappa shape index (κ2) is 4.14. The number of carbonyl (C=O) groups excluding carboxylic acids is 1. The van der Waals surface area contributed by atoms with Gasteiger partial charge in [0.25, 0.3) is 5.91 Å². The number of hydrogen-bond donors (Lipinski definition) is 4. The van der Waals surface area contributed by atoms with Gasteiger partial charge in [-0.3, -0.25) is 20.6 Å². The topological polar surface area (TPSA) is 139 Å². The number of thioether (sulfide) groups is 1. The van der Waals surface area contributed by atoms with E-state index in [1.807, 2.05) is 0 Å². The van der Waals surface area contributed by atoms with Crippen molar-refractivity contribution in [2.24, 2.45) is 5.73 Å². The van der Waals surface area contributed by atoms with Crippen LogP contribution in [-0.2, 0) is 9.79 Å². The Morgan fingerprint density at radius 3 is 2.58 bits per heavy atom. The third kappa shape index (κ3) is 2.09. The number of nitrogens with zero attached hydrogens (tertiary/aromatic N) is 1. The Morgan fingerprint density at radius 2 is 2.11 bits per heavy atom. The fourth-order valence-corrected chi connectivity index (χ4v) is 2.51. The number of nitrogens with one attached hydrogen (secondary N) is 1. The highest BCUT2D eigenvalue weighted by Crippen LogP contribution is 2.44. The Kier molecular flexibility index (Phi) is 2.87. The number of carbonyl (C=O) groups is 1. The molecule has 0 radical (unpaired) electrons. The molecule has 100 valence electrons. The maximum Gasteiger partial charge on any atom is 0.315 e. The highest BCUT2D eigenvalue weighted by atomic mass is 32.2. The van der Waals surface area contributed by atoms with E-state index in [9.17, 15) is 25.1 Å². The molecule has 1 unspecified atom stereocenters. The second-order valence-corrected chi connectivity index (χ2v) is 5.18. The van der Waals surface area contributed by atoms with E-state index in [4.69, 9.17) is 5.73 Å². The minimum Gasteiger partial charge on any atom is -0.504 e. The highest BCUT2D eigenvalue weighted by Gasteiger charge is 2.41. The Hall–Kier alpha value is -2.26. The smallest absolute Gasteiger partial charge is 0.315 e. The van der Waals surface area contributed by atoms with Gasteiger partial charge in [-0.1, -0.05) is 18.3 Å². The van der Waals surface area contributed by atoms with Crippen LogP contribution in [0, 0.1) is 10.1 Å². The average Bonchev–Trinajstić information content (AvgIpc) is 2.57. The lowest BCUT2D eigenvalue weighted by atomic mass is 10.1. The molecule has 0 aromatic heterocycles. The molecule has 1 fully saturated rings. The Labute approximate surface area is 111 Å².